The number of ether oxygens (including phenoxy) is 1. The van der Waals surface area contributed by atoms with Gasteiger partial charge in [-0.3, -0.25) is 0 Å². The Kier molecular flexibility index (Phi) is 3.46. The van der Waals surface area contributed by atoms with Crippen LogP contribution in [0.3, 0.4) is 0 Å². The van der Waals surface area contributed by atoms with Crippen LogP contribution in [0.2, 0.25) is 0 Å². The molecule has 0 atom stereocenters. The minimum Gasteiger partial charge on any atom is -0.465 e. The van der Waals surface area contributed by atoms with Gasteiger partial charge in [-0.05, 0) is 29.0 Å². The zero-order valence-corrected chi connectivity index (χ0v) is 11.3. The molecular weight excluding hydrogens is 272 g/mol. The van der Waals surface area contributed by atoms with Gasteiger partial charge < -0.3 is 9.15 Å². The van der Waals surface area contributed by atoms with Gasteiger partial charge in [0.2, 0.25) is 5.82 Å². The molecule has 0 spiro atoms. The molecule has 0 aliphatic heterocycles. The second-order valence-electron chi connectivity index (χ2n) is 4.27. The number of tetrazole rings is 1. The van der Waals surface area contributed by atoms with Gasteiger partial charge in [-0.25, -0.2) is 4.79 Å². The van der Waals surface area contributed by atoms with Gasteiger partial charge >= 0.3 is 5.97 Å². The molecule has 0 bridgehead atoms. The summed E-state index contributed by atoms with van der Waals surface area (Å²) in [7, 11) is 1.35. The monoisotopic (exact) mass is 284 g/mol. The van der Waals surface area contributed by atoms with Gasteiger partial charge in [0.15, 0.2) is 5.76 Å². The van der Waals surface area contributed by atoms with Crippen LogP contribution < -0.4 is 0 Å². The summed E-state index contributed by atoms with van der Waals surface area (Å²) in [6.45, 7) is 0.318. The highest BCUT2D eigenvalue weighted by atomic mass is 16.5. The first-order chi connectivity index (χ1) is 10.3. The van der Waals surface area contributed by atoms with E-state index in [9.17, 15) is 4.79 Å². The number of furan rings is 1. The molecule has 0 saturated carbocycles. The number of nitrogens with zero attached hydrogens (tertiary/aromatic N) is 4. The van der Waals surface area contributed by atoms with Crippen LogP contribution in [0.25, 0.3) is 11.6 Å². The molecule has 7 nitrogen and oxygen atoms in total. The minimum absolute atomic E-state index is 0.318. The molecule has 21 heavy (non-hydrogen) atoms. The normalized spacial score (nSPS) is 10.5. The van der Waals surface area contributed by atoms with E-state index in [1.54, 1.807) is 30.5 Å². The van der Waals surface area contributed by atoms with Crippen LogP contribution in [0.15, 0.2) is 47.1 Å². The zero-order chi connectivity index (χ0) is 14.7. The molecule has 2 aromatic heterocycles. The van der Waals surface area contributed by atoms with Crippen LogP contribution in [0.1, 0.15) is 15.9 Å². The topological polar surface area (TPSA) is 83.0 Å². The Morgan fingerprint density at radius 3 is 2.90 bits per heavy atom. The predicted octanol–water partition coefficient (Wildman–Crippen LogP) is 1.77. The summed E-state index contributed by atoms with van der Waals surface area (Å²) in [5.74, 6) is 0.551. The Bertz CT molecular complexity index is 749. The van der Waals surface area contributed by atoms with Crippen molar-refractivity contribution in [3.05, 3.63) is 53.8 Å². The molecule has 0 aliphatic rings. The van der Waals surface area contributed by atoms with Crippen molar-refractivity contribution in [2.24, 2.45) is 0 Å². The van der Waals surface area contributed by atoms with Crippen LogP contribution in [0, 0.1) is 0 Å². The lowest BCUT2D eigenvalue weighted by Crippen LogP contribution is -2.10. The fourth-order valence-electron chi connectivity index (χ4n) is 1.93. The van der Waals surface area contributed by atoms with Crippen LogP contribution in [-0.2, 0) is 11.3 Å². The van der Waals surface area contributed by atoms with Gasteiger partial charge in [-0.1, -0.05) is 18.2 Å². The molecule has 0 unspecified atom stereocenters. The molecule has 2 heterocycles. The minimum atomic E-state index is -0.392. The maximum Gasteiger partial charge on any atom is 0.338 e. The van der Waals surface area contributed by atoms with E-state index in [0.717, 1.165) is 5.56 Å². The molecular formula is C14H12N4O3. The third kappa shape index (κ3) is 2.66. The second-order valence-corrected chi connectivity index (χ2v) is 4.27. The van der Waals surface area contributed by atoms with Gasteiger partial charge in [0, 0.05) is 0 Å². The number of rotatable bonds is 4. The lowest BCUT2D eigenvalue weighted by molar-refractivity contribution is 0.0599. The summed E-state index contributed by atoms with van der Waals surface area (Å²) in [6.07, 6.45) is 1.54. The first kappa shape index (κ1) is 13.0. The molecule has 3 rings (SSSR count). The average Bonchev–Trinajstić information content (AvgIpc) is 3.18. The van der Waals surface area contributed by atoms with E-state index in [1.807, 2.05) is 12.1 Å². The third-order valence-electron chi connectivity index (χ3n) is 2.93. The second kappa shape index (κ2) is 5.58. The molecule has 106 valence electrons. The number of carbonyl (C=O) groups excluding carboxylic acids is 1. The standard InChI is InChI=1S/C14H12N4O3/c1-20-14(19)11-6-3-2-5-10(11)9-18-16-13(15-17-18)12-7-4-8-21-12/h2-8H,9H2,1H3. The van der Waals surface area contributed by atoms with E-state index in [1.165, 1.54) is 11.9 Å². The van der Waals surface area contributed by atoms with E-state index in [2.05, 4.69) is 15.4 Å². The Balaban J connectivity index is 1.86. The van der Waals surface area contributed by atoms with Crippen LogP contribution in [0.5, 0.6) is 0 Å². The van der Waals surface area contributed by atoms with E-state index >= 15 is 0 Å². The summed E-state index contributed by atoms with van der Waals surface area (Å²) in [4.78, 5) is 13.1. The highest BCUT2D eigenvalue weighted by molar-refractivity contribution is 5.90. The summed E-state index contributed by atoms with van der Waals surface area (Å²) >= 11 is 0. The molecule has 0 fully saturated rings. The lowest BCUT2D eigenvalue weighted by Gasteiger charge is -2.06. The van der Waals surface area contributed by atoms with Crippen molar-refractivity contribution in [1.29, 1.82) is 0 Å². The summed E-state index contributed by atoms with van der Waals surface area (Å²) < 4.78 is 9.97. The smallest absolute Gasteiger partial charge is 0.338 e. The molecule has 3 aromatic rings. The number of methoxy groups -OCH3 is 1. The highest BCUT2D eigenvalue weighted by Gasteiger charge is 2.13. The van der Waals surface area contributed by atoms with Crippen LogP contribution in [0.4, 0.5) is 0 Å². The van der Waals surface area contributed by atoms with Gasteiger partial charge in [0.25, 0.3) is 0 Å². The maximum absolute atomic E-state index is 11.7. The average molecular weight is 284 g/mol. The maximum atomic E-state index is 11.7. The SMILES string of the molecule is COC(=O)c1ccccc1Cn1nnc(-c2ccco2)n1. The summed E-state index contributed by atoms with van der Waals surface area (Å²) in [5.41, 5.74) is 1.24. The fourth-order valence-corrected chi connectivity index (χ4v) is 1.93. The zero-order valence-electron chi connectivity index (χ0n) is 11.3. The molecule has 7 heteroatoms. The summed E-state index contributed by atoms with van der Waals surface area (Å²) in [6, 6.07) is 10.6. The van der Waals surface area contributed by atoms with Crippen LogP contribution >= 0.6 is 0 Å². The quantitative estimate of drug-likeness (QED) is 0.679. The Hall–Kier alpha value is -2.96. The van der Waals surface area contributed by atoms with Crippen molar-refractivity contribution < 1.29 is 13.9 Å². The Morgan fingerprint density at radius 2 is 2.14 bits per heavy atom. The van der Waals surface area contributed by atoms with Gasteiger partial charge in [-0.15, -0.1) is 10.2 Å². The molecule has 0 N–H and O–H groups in total. The largest absolute Gasteiger partial charge is 0.465 e. The van der Waals surface area contributed by atoms with Crippen molar-refractivity contribution in [1.82, 2.24) is 20.2 Å². The third-order valence-corrected chi connectivity index (χ3v) is 2.93. The number of esters is 1. The molecule has 0 amide bonds. The number of aromatic nitrogens is 4. The number of carbonyl (C=O) groups is 1. The molecule has 0 saturated heterocycles. The van der Waals surface area contributed by atoms with Gasteiger partial charge in [-0.2, -0.15) is 4.80 Å². The van der Waals surface area contributed by atoms with Crippen molar-refractivity contribution >= 4 is 5.97 Å². The Morgan fingerprint density at radius 1 is 1.29 bits per heavy atom. The fraction of sp³-hybridized carbons (Fsp3) is 0.143. The number of benzene rings is 1. The molecule has 0 radical (unpaired) electrons. The molecule has 1 aromatic carbocycles. The van der Waals surface area contributed by atoms with Gasteiger partial charge in [0.1, 0.15) is 0 Å². The molecule has 0 aliphatic carbocycles. The van der Waals surface area contributed by atoms with Crippen molar-refractivity contribution in [3.8, 4) is 11.6 Å². The van der Waals surface area contributed by atoms with Crippen molar-refractivity contribution in [2.75, 3.05) is 7.11 Å². The van der Waals surface area contributed by atoms with Crippen molar-refractivity contribution in [3.63, 3.8) is 0 Å². The van der Waals surface area contributed by atoms with Gasteiger partial charge in [0.05, 0.1) is 25.5 Å². The van der Waals surface area contributed by atoms with E-state index in [4.69, 9.17) is 9.15 Å². The number of hydrogen-bond donors (Lipinski definition) is 0. The first-order valence-electron chi connectivity index (χ1n) is 6.26. The number of hydrogen-bond acceptors (Lipinski definition) is 6. The van der Waals surface area contributed by atoms with E-state index in [-0.39, 0.29) is 0 Å². The highest BCUT2D eigenvalue weighted by Crippen LogP contribution is 2.15. The van der Waals surface area contributed by atoms with Crippen LogP contribution in [-0.4, -0.2) is 33.3 Å². The predicted molar refractivity (Wildman–Crippen MR) is 72.4 cm³/mol. The van der Waals surface area contributed by atoms with Crippen molar-refractivity contribution in [2.45, 2.75) is 6.54 Å². The lowest BCUT2D eigenvalue weighted by atomic mass is 10.1. The van der Waals surface area contributed by atoms with E-state index in [0.29, 0.717) is 23.7 Å². The first-order valence-corrected chi connectivity index (χ1v) is 6.26. The van der Waals surface area contributed by atoms with E-state index < -0.39 is 5.97 Å². The summed E-state index contributed by atoms with van der Waals surface area (Å²) in [5, 5.41) is 12.1. The Labute approximate surface area is 120 Å².